The van der Waals surface area contributed by atoms with Gasteiger partial charge in [-0.1, -0.05) is 48.0 Å². The van der Waals surface area contributed by atoms with Gasteiger partial charge in [-0.25, -0.2) is 4.79 Å². The number of ether oxygens (including phenoxy) is 1. The normalized spacial score (nSPS) is 12.9. The van der Waals surface area contributed by atoms with Crippen molar-refractivity contribution in [2.75, 3.05) is 6.61 Å². The van der Waals surface area contributed by atoms with Crippen molar-refractivity contribution in [2.45, 2.75) is 18.4 Å². The first-order valence-electron chi connectivity index (χ1n) is 8.97. The van der Waals surface area contributed by atoms with Crippen LogP contribution in [-0.4, -0.2) is 24.1 Å². The number of carbonyl (C=O) groups excluding carboxylic acids is 2. The number of amides is 1. The van der Waals surface area contributed by atoms with Gasteiger partial charge < -0.3 is 15.6 Å². The summed E-state index contributed by atoms with van der Waals surface area (Å²) in [5, 5.41) is 11.2. The molecule has 0 fully saturated rings. The van der Waals surface area contributed by atoms with E-state index in [2.05, 4.69) is 0 Å². The molecule has 0 saturated heterocycles. The van der Waals surface area contributed by atoms with Crippen LogP contribution in [-0.2, 0) is 4.74 Å². The molecule has 2 atom stereocenters. The van der Waals surface area contributed by atoms with Crippen molar-refractivity contribution in [2.24, 2.45) is 5.73 Å². The number of hydrogen-bond donors (Lipinski definition) is 2. The van der Waals surface area contributed by atoms with Gasteiger partial charge >= 0.3 is 6.09 Å². The number of primary amides is 1. The molecule has 5 nitrogen and oxygen atoms in total. The minimum absolute atomic E-state index is 0.0561. The van der Waals surface area contributed by atoms with Gasteiger partial charge in [-0.15, -0.1) is 11.3 Å². The monoisotopic (exact) mass is 429 g/mol. The molecule has 0 bridgehead atoms. The number of carbonyl (C=O) groups is 2. The zero-order valence-electron chi connectivity index (χ0n) is 15.5. The lowest BCUT2D eigenvalue weighted by atomic mass is 9.90. The van der Waals surface area contributed by atoms with E-state index in [1.165, 1.54) is 11.3 Å². The number of hydrogen-bond acceptors (Lipinski definition) is 5. The van der Waals surface area contributed by atoms with E-state index in [4.69, 9.17) is 22.1 Å². The lowest BCUT2D eigenvalue weighted by molar-refractivity contribution is 0.112. The van der Waals surface area contributed by atoms with Crippen LogP contribution in [0.2, 0.25) is 5.02 Å². The number of halogens is 1. The Labute approximate surface area is 177 Å². The largest absolute Gasteiger partial charge is 0.449 e. The second kappa shape index (κ2) is 9.69. The molecule has 2 aromatic carbocycles. The van der Waals surface area contributed by atoms with Gasteiger partial charge in [-0.05, 0) is 47.4 Å². The predicted molar refractivity (Wildman–Crippen MR) is 114 cm³/mol. The third-order valence-electron chi connectivity index (χ3n) is 4.58. The molecule has 0 aliphatic carbocycles. The summed E-state index contributed by atoms with van der Waals surface area (Å²) in [7, 11) is 0. The smallest absolute Gasteiger partial charge is 0.404 e. The lowest BCUT2D eigenvalue weighted by Gasteiger charge is -2.21. The standard InChI is InChI=1S/C22H20ClNO4S/c23-18-3-1-2-16(10-18)20(26)11-17(13-28-22(24)27)14-4-6-15(7-5-14)21-9-8-19(12-25)29-21/h1-10,12,17,20,26H,11,13H2,(H2,24,27)/t17?,20-/m1/s1. The number of aliphatic hydroxyl groups excluding tert-OH is 1. The quantitative estimate of drug-likeness (QED) is 0.482. The summed E-state index contributed by atoms with van der Waals surface area (Å²) in [6.45, 7) is 0.0561. The van der Waals surface area contributed by atoms with Crippen LogP contribution >= 0.6 is 22.9 Å². The third-order valence-corrected chi connectivity index (χ3v) is 5.87. The maximum atomic E-state index is 11.1. The van der Waals surface area contributed by atoms with Gasteiger partial charge in [0.15, 0.2) is 6.29 Å². The first kappa shape index (κ1) is 21.0. The summed E-state index contributed by atoms with van der Waals surface area (Å²) >= 11 is 7.43. The van der Waals surface area contributed by atoms with E-state index >= 15 is 0 Å². The Hall–Kier alpha value is -2.67. The molecule has 29 heavy (non-hydrogen) atoms. The summed E-state index contributed by atoms with van der Waals surface area (Å²) in [4.78, 5) is 23.6. The fourth-order valence-corrected chi connectivity index (χ4v) is 4.12. The van der Waals surface area contributed by atoms with E-state index in [-0.39, 0.29) is 12.5 Å². The Bertz CT molecular complexity index is 986. The Kier molecular flexibility index (Phi) is 7.04. The number of aldehydes is 1. The van der Waals surface area contributed by atoms with Crippen LogP contribution in [0.1, 0.15) is 39.2 Å². The highest BCUT2D eigenvalue weighted by atomic mass is 35.5. The molecule has 1 amide bonds. The van der Waals surface area contributed by atoms with Crippen LogP contribution in [0.5, 0.6) is 0 Å². The van der Waals surface area contributed by atoms with Gasteiger partial charge in [0.25, 0.3) is 0 Å². The predicted octanol–water partition coefficient (Wildman–Crippen LogP) is 5.18. The van der Waals surface area contributed by atoms with Gasteiger partial charge in [0.2, 0.25) is 0 Å². The molecular formula is C22H20ClNO4S. The van der Waals surface area contributed by atoms with Crippen molar-refractivity contribution < 1.29 is 19.4 Å². The zero-order chi connectivity index (χ0) is 20.8. The van der Waals surface area contributed by atoms with Crippen molar-refractivity contribution in [1.82, 2.24) is 0 Å². The van der Waals surface area contributed by atoms with Crippen LogP contribution in [0.3, 0.4) is 0 Å². The molecule has 1 heterocycles. The van der Waals surface area contributed by atoms with Crippen LogP contribution in [0.4, 0.5) is 4.79 Å². The van der Waals surface area contributed by atoms with Crippen LogP contribution in [0.25, 0.3) is 10.4 Å². The molecule has 150 valence electrons. The molecule has 0 aliphatic heterocycles. The molecule has 1 unspecified atom stereocenters. The average Bonchev–Trinajstić information content (AvgIpc) is 3.20. The summed E-state index contributed by atoms with van der Waals surface area (Å²) in [5.41, 5.74) is 7.71. The fraction of sp³-hybridized carbons (Fsp3) is 0.182. The van der Waals surface area contributed by atoms with E-state index in [0.717, 1.165) is 22.3 Å². The maximum absolute atomic E-state index is 11.1. The minimum atomic E-state index is -0.858. The highest BCUT2D eigenvalue weighted by Crippen LogP contribution is 2.32. The first-order valence-corrected chi connectivity index (χ1v) is 10.2. The summed E-state index contributed by atoms with van der Waals surface area (Å²) in [5.74, 6) is -0.251. The third kappa shape index (κ3) is 5.67. The summed E-state index contributed by atoms with van der Waals surface area (Å²) in [6.07, 6.45) is -0.468. The number of thiophene rings is 1. The molecule has 7 heteroatoms. The molecule has 3 aromatic rings. The van der Waals surface area contributed by atoms with Crippen LogP contribution in [0.15, 0.2) is 60.7 Å². The molecule has 1 aromatic heterocycles. The van der Waals surface area contributed by atoms with E-state index in [1.807, 2.05) is 30.3 Å². The van der Waals surface area contributed by atoms with Crippen molar-refractivity contribution in [3.8, 4) is 10.4 Å². The fourth-order valence-electron chi connectivity index (χ4n) is 3.09. The maximum Gasteiger partial charge on any atom is 0.404 e. The summed E-state index contributed by atoms with van der Waals surface area (Å²) < 4.78 is 5.02. The van der Waals surface area contributed by atoms with Crippen molar-refractivity contribution in [3.05, 3.63) is 81.7 Å². The number of nitrogens with two attached hydrogens (primary N) is 1. The molecule has 3 N–H and O–H groups in total. The number of benzene rings is 2. The molecule has 0 radical (unpaired) electrons. The zero-order valence-corrected chi connectivity index (χ0v) is 17.0. The van der Waals surface area contributed by atoms with E-state index in [9.17, 15) is 14.7 Å². The van der Waals surface area contributed by atoms with E-state index < -0.39 is 12.2 Å². The molecule has 0 aliphatic rings. The van der Waals surface area contributed by atoms with Crippen molar-refractivity contribution >= 4 is 35.3 Å². The van der Waals surface area contributed by atoms with E-state index in [1.54, 1.807) is 30.3 Å². The lowest BCUT2D eigenvalue weighted by Crippen LogP contribution is -2.19. The van der Waals surface area contributed by atoms with E-state index in [0.29, 0.717) is 21.9 Å². The van der Waals surface area contributed by atoms with Gasteiger partial charge in [0.05, 0.1) is 11.0 Å². The van der Waals surface area contributed by atoms with Crippen LogP contribution < -0.4 is 5.73 Å². The molecule has 0 spiro atoms. The second-order valence-electron chi connectivity index (χ2n) is 6.58. The van der Waals surface area contributed by atoms with Crippen molar-refractivity contribution in [1.29, 1.82) is 0 Å². The molecular weight excluding hydrogens is 410 g/mol. The number of aliphatic hydroxyl groups is 1. The average molecular weight is 430 g/mol. The Balaban J connectivity index is 1.80. The van der Waals surface area contributed by atoms with Gasteiger partial charge in [0.1, 0.15) is 6.61 Å². The second-order valence-corrected chi connectivity index (χ2v) is 8.13. The van der Waals surface area contributed by atoms with Gasteiger partial charge in [-0.3, -0.25) is 4.79 Å². The number of rotatable bonds is 8. The summed E-state index contributed by atoms with van der Waals surface area (Å²) in [6, 6.07) is 18.5. The minimum Gasteiger partial charge on any atom is -0.449 e. The molecule has 3 rings (SSSR count). The highest BCUT2D eigenvalue weighted by Gasteiger charge is 2.20. The highest BCUT2D eigenvalue weighted by molar-refractivity contribution is 7.17. The first-order chi connectivity index (χ1) is 14.0. The Morgan fingerprint density at radius 1 is 1.14 bits per heavy atom. The van der Waals surface area contributed by atoms with Crippen molar-refractivity contribution in [3.63, 3.8) is 0 Å². The topological polar surface area (TPSA) is 89.6 Å². The molecule has 0 saturated carbocycles. The SMILES string of the molecule is NC(=O)OCC(C[C@@H](O)c1cccc(Cl)c1)c1ccc(-c2ccc(C=O)s2)cc1. The Morgan fingerprint density at radius 3 is 2.52 bits per heavy atom. The van der Waals surface area contributed by atoms with Crippen LogP contribution in [0, 0.1) is 0 Å². The van der Waals surface area contributed by atoms with Gasteiger partial charge in [-0.2, -0.15) is 0 Å². The van der Waals surface area contributed by atoms with Gasteiger partial charge in [0, 0.05) is 15.8 Å². The Morgan fingerprint density at radius 2 is 1.90 bits per heavy atom.